The largest absolute Gasteiger partial charge is 0.372 e. The summed E-state index contributed by atoms with van der Waals surface area (Å²) in [6.07, 6.45) is 5.08. The topological polar surface area (TPSA) is 62.5 Å². The van der Waals surface area contributed by atoms with Gasteiger partial charge in [-0.3, -0.25) is 4.79 Å². The molecule has 0 aliphatic rings. The van der Waals surface area contributed by atoms with Gasteiger partial charge in [-0.2, -0.15) is 5.10 Å². The van der Waals surface area contributed by atoms with Crippen molar-refractivity contribution in [3.63, 3.8) is 0 Å². The van der Waals surface area contributed by atoms with E-state index >= 15 is 0 Å². The molecule has 0 fully saturated rings. The third-order valence-electron chi connectivity index (χ3n) is 3.66. The minimum absolute atomic E-state index is 0.179. The Hall–Kier alpha value is -2.63. The molecular formula is C17H23N5O. The van der Waals surface area contributed by atoms with Gasteiger partial charge in [0.15, 0.2) is 0 Å². The SMILES string of the molecule is CCN(CC)c1ccc(/C=N/NC(=O)Cn2ccnc2C)cc1. The third kappa shape index (κ3) is 4.67. The second-order valence-electron chi connectivity index (χ2n) is 5.16. The lowest BCUT2D eigenvalue weighted by Crippen LogP contribution is -2.23. The molecule has 6 nitrogen and oxygen atoms in total. The summed E-state index contributed by atoms with van der Waals surface area (Å²) in [6.45, 7) is 8.30. The maximum Gasteiger partial charge on any atom is 0.260 e. The average molecular weight is 313 g/mol. The van der Waals surface area contributed by atoms with Gasteiger partial charge in [-0.15, -0.1) is 0 Å². The van der Waals surface area contributed by atoms with E-state index in [0.717, 1.165) is 24.5 Å². The van der Waals surface area contributed by atoms with Crippen molar-refractivity contribution < 1.29 is 4.79 Å². The van der Waals surface area contributed by atoms with Crippen LogP contribution < -0.4 is 10.3 Å². The van der Waals surface area contributed by atoms with E-state index in [0.29, 0.717) is 0 Å². The molecule has 6 heteroatoms. The molecule has 0 spiro atoms. The highest BCUT2D eigenvalue weighted by molar-refractivity contribution is 5.82. The molecule has 122 valence electrons. The lowest BCUT2D eigenvalue weighted by molar-refractivity contribution is -0.121. The Morgan fingerprint density at radius 1 is 1.30 bits per heavy atom. The van der Waals surface area contributed by atoms with Crippen molar-refractivity contribution in [3.8, 4) is 0 Å². The zero-order chi connectivity index (χ0) is 16.7. The van der Waals surface area contributed by atoms with E-state index in [4.69, 9.17) is 0 Å². The molecule has 0 saturated carbocycles. The predicted octanol–water partition coefficient (Wildman–Crippen LogP) is 2.19. The molecule has 23 heavy (non-hydrogen) atoms. The van der Waals surface area contributed by atoms with Crippen LogP contribution in [-0.2, 0) is 11.3 Å². The van der Waals surface area contributed by atoms with Gasteiger partial charge in [-0.05, 0) is 38.5 Å². The van der Waals surface area contributed by atoms with Crippen LogP contribution in [0.4, 0.5) is 5.69 Å². The van der Waals surface area contributed by atoms with Crippen molar-refractivity contribution >= 4 is 17.8 Å². The van der Waals surface area contributed by atoms with E-state index in [-0.39, 0.29) is 12.5 Å². The number of hydrogen-bond donors (Lipinski definition) is 1. The van der Waals surface area contributed by atoms with Crippen LogP contribution in [0, 0.1) is 6.92 Å². The van der Waals surface area contributed by atoms with Crippen LogP contribution in [0.25, 0.3) is 0 Å². The number of aryl methyl sites for hydroxylation is 1. The minimum Gasteiger partial charge on any atom is -0.372 e. The van der Waals surface area contributed by atoms with Crippen molar-refractivity contribution in [2.75, 3.05) is 18.0 Å². The summed E-state index contributed by atoms with van der Waals surface area (Å²) in [4.78, 5) is 18.1. The Bertz CT molecular complexity index is 656. The van der Waals surface area contributed by atoms with Gasteiger partial charge in [0, 0.05) is 31.2 Å². The van der Waals surface area contributed by atoms with Crippen LogP contribution in [0.15, 0.2) is 41.8 Å². The summed E-state index contributed by atoms with van der Waals surface area (Å²) in [5.41, 5.74) is 4.66. The van der Waals surface area contributed by atoms with Crippen LogP contribution in [0.2, 0.25) is 0 Å². The van der Waals surface area contributed by atoms with Crippen LogP contribution in [0.5, 0.6) is 0 Å². The van der Waals surface area contributed by atoms with E-state index in [1.54, 1.807) is 23.2 Å². The number of imidazole rings is 1. The fourth-order valence-corrected chi connectivity index (χ4v) is 2.30. The van der Waals surface area contributed by atoms with E-state index in [9.17, 15) is 4.79 Å². The number of benzene rings is 1. The first-order valence-electron chi connectivity index (χ1n) is 7.78. The number of hydrazone groups is 1. The zero-order valence-electron chi connectivity index (χ0n) is 13.9. The van der Waals surface area contributed by atoms with Gasteiger partial charge in [-0.1, -0.05) is 12.1 Å². The number of aromatic nitrogens is 2. The van der Waals surface area contributed by atoms with Crippen molar-refractivity contribution in [1.29, 1.82) is 0 Å². The van der Waals surface area contributed by atoms with Gasteiger partial charge in [0.25, 0.3) is 5.91 Å². The number of rotatable bonds is 7. The number of anilines is 1. The van der Waals surface area contributed by atoms with Gasteiger partial charge in [0.1, 0.15) is 12.4 Å². The Morgan fingerprint density at radius 3 is 2.57 bits per heavy atom. The monoisotopic (exact) mass is 313 g/mol. The average Bonchev–Trinajstić information content (AvgIpc) is 2.95. The minimum atomic E-state index is -0.179. The fourth-order valence-electron chi connectivity index (χ4n) is 2.30. The van der Waals surface area contributed by atoms with E-state index in [1.165, 1.54) is 5.69 Å². The smallest absolute Gasteiger partial charge is 0.260 e. The first kappa shape index (κ1) is 16.7. The van der Waals surface area contributed by atoms with Crippen molar-refractivity contribution in [1.82, 2.24) is 15.0 Å². The van der Waals surface area contributed by atoms with E-state index < -0.39 is 0 Å². The molecular weight excluding hydrogens is 290 g/mol. The highest BCUT2D eigenvalue weighted by Gasteiger charge is 2.03. The third-order valence-corrected chi connectivity index (χ3v) is 3.66. The second kappa shape index (κ2) is 8.12. The number of nitrogens with one attached hydrogen (secondary N) is 1. The van der Waals surface area contributed by atoms with Crippen LogP contribution >= 0.6 is 0 Å². The molecule has 0 aliphatic heterocycles. The molecule has 1 aromatic carbocycles. The Kier molecular flexibility index (Phi) is 5.91. The van der Waals surface area contributed by atoms with Gasteiger partial charge >= 0.3 is 0 Å². The van der Waals surface area contributed by atoms with Crippen LogP contribution in [0.1, 0.15) is 25.2 Å². The van der Waals surface area contributed by atoms with Crippen molar-refractivity contribution in [2.24, 2.45) is 5.10 Å². The number of amides is 1. The number of carbonyl (C=O) groups excluding carboxylic acids is 1. The molecule has 0 bridgehead atoms. The summed E-state index contributed by atoms with van der Waals surface area (Å²) in [5.74, 6) is 0.623. The molecule has 1 aromatic heterocycles. The summed E-state index contributed by atoms with van der Waals surface area (Å²) in [7, 11) is 0. The lowest BCUT2D eigenvalue weighted by atomic mass is 10.2. The highest BCUT2D eigenvalue weighted by atomic mass is 16.2. The van der Waals surface area contributed by atoms with Gasteiger partial charge in [-0.25, -0.2) is 10.4 Å². The predicted molar refractivity (Wildman–Crippen MR) is 92.7 cm³/mol. The maximum absolute atomic E-state index is 11.8. The lowest BCUT2D eigenvalue weighted by Gasteiger charge is -2.20. The molecule has 1 amide bonds. The normalized spacial score (nSPS) is 10.9. The molecule has 1 N–H and O–H groups in total. The first-order chi connectivity index (χ1) is 11.1. The standard InChI is InChI=1S/C17H23N5O/c1-4-21(5-2)16-8-6-15(7-9-16)12-19-20-17(23)13-22-11-10-18-14(22)3/h6-12H,4-5,13H2,1-3H3,(H,20,23)/b19-12+. The molecule has 0 radical (unpaired) electrons. The van der Waals surface area contributed by atoms with E-state index in [2.05, 4.69) is 46.4 Å². The summed E-state index contributed by atoms with van der Waals surface area (Å²) >= 11 is 0. The maximum atomic E-state index is 11.8. The highest BCUT2D eigenvalue weighted by Crippen LogP contribution is 2.13. The van der Waals surface area contributed by atoms with Crippen LogP contribution in [0.3, 0.4) is 0 Å². The molecule has 0 atom stereocenters. The number of nitrogens with zero attached hydrogens (tertiary/aromatic N) is 4. The van der Waals surface area contributed by atoms with Gasteiger partial charge in [0.2, 0.25) is 0 Å². The van der Waals surface area contributed by atoms with E-state index in [1.807, 2.05) is 19.1 Å². The van der Waals surface area contributed by atoms with Gasteiger partial charge in [0.05, 0.1) is 6.21 Å². The molecule has 0 aliphatic carbocycles. The molecule has 2 aromatic rings. The quantitative estimate of drug-likeness (QED) is 0.629. The molecule has 2 rings (SSSR count). The second-order valence-corrected chi connectivity index (χ2v) is 5.16. The summed E-state index contributed by atoms with van der Waals surface area (Å²) < 4.78 is 1.77. The molecule has 0 unspecified atom stereocenters. The number of carbonyl (C=O) groups is 1. The Morgan fingerprint density at radius 2 is 2.00 bits per heavy atom. The summed E-state index contributed by atoms with van der Waals surface area (Å²) in [6, 6.07) is 8.10. The fraction of sp³-hybridized carbons (Fsp3) is 0.353. The van der Waals surface area contributed by atoms with Crippen LogP contribution in [-0.4, -0.2) is 34.8 Å². The van der Waals surface area contributed by atoms with Crippen molar-refractivity contribution in [2.45, 2.75) is 27.3 Å². The molecule has 1 heterocycles. The summed E-state index contributed by atoms with van der Waals surface area (Å²) in [5, 5.41) is 3.99. The number of hydrogen-bond acceptors (Lipinski definition) is 4. The molecule has 0 saturated heterocycles. The Labute approximate surface area is 136 Å². The zero-order valence-corrected chi connectivity index (χ0v) is 13.9. The van der Waals surface area contributed by atoms with Crippen molar-refractivity contribution in [3.05, 3.63) is 48.0 Å². The Balaban J connectivity index is 1.88. The first-order valence-corrected chi connectivity index (χ1v) is 7.78. The van der Waals surface area contributed by atoms with Gasteiger partial charge < -0.3 is 9.47 Å².